The molecule has 16 atom stereocenters. The van der Waals surface area contributed by atoms with Crippen molar-refractivity contribution in [3.05, 3.63) is 24.3 Å². The maximum Gasteiger partial charge on any atom is 0.172 e. The fourth-order valence-electron chi connectivity index (χ4n) is 10.2. The summed E-state index contributed by atoms with van der Waals surface area (Å²) in [5.41, 5.74) is 2.34. The van der Waals surface area contributed by atoms with Gasteiger partial charge in [-0.2, -0.15) is 0 Å². The number of rotatable bonds is 0. The third kappa shape index (κ3) is 5.32. The molecule has 0 amide bonds. The summed E-state index contributed by atoms with van der Waals surface area (Å²) in [5.74, 6) is 0.111. The lowest BCUT2D eigenvalue weighted by molar-refractivity contribution is -0.292. The summed E-state index contributed by atoms with van der Waals surface area (Å²) in [6, 6.07) is 0. The van der Waals surface area contributed by atoms with E-state index in [9.17, 15) is 4.79 Å². The number of fused-ring (bicyclic) bond motifs is 6. The second-order valence-electron chi connectivity index (χ2n) is 15.7. The highest BCUT2D eigenvalue weighted by Gasteiger charge is 2.68. The van der Waals surface area contributed by atoms with Crippen LogP contribution < -0.4 is 0 Å². The molecule has 10 rings (SSSR count). The fraction of sp³-hybridized carbons (Fsp3) is 0.861. The van der Waals surface area contributed by atoms with Crippen molar-refractivity contribution in [2.45, 2.75) is 176 Å². The minimum atomic E-state index is -0.728. The van der Waals surface area contributed by atoms with Crippen LogP contribution in [-0.4, -0.2) is 97.5 Å². The van der Waals surface area contributed by atoms with E-state index in [1.165, 1.54) is 5.57 Å². The zero-order valence-corrected chi connectivity index (χ0v) is 26.6. The van der Waals surface area contributed by atoms with Crippen LogP contribution in [0.1, 0.15) is 90.4 Å². The molecular weight excluding hydrogens is 576 g/mol. The van der Waals surface area contributed by atoms with E-state index >= 15 is 0 Å². The molecule has 10 aliphatic heterocycles. The van der Waals surface area contributed by atoms with Crippen molar-refractivity contribution in [1.29, 1.82) is 0 Å². The smallest absolute Gasteiger partial charge is 0.172 e. The van der Waals surface area contributed by atoms with E-state index in [1.807, 2.05) is 0 Å². The Morgan fingerprint density at radius 2 is 1.44 bits per heavy atom. The zero-order chi connectivity index (χ0) is 30.4. The number of ether oxygens (including phenoxy) is 8. The predicted molar refractivity (Wildman–Crippen MR) is 161 cm³/mol. The number of Topliss-reactive ketones (excluding diaryl/α,β-unsaturated/α-hetero) is 1. The van der Waals surface area contributed by atoms with Gasteiger partial charge in [0.15, 0.2) is 5.79 Å². The van der Waals surface area contributed by atoms with Crippen LogP contribution in [0.2, 0.25) is 0 Å². The molecule has 0 N–H and O–H groups in total. The maximum atomic E-state index is 13.5. The average molecular weight is 627 g/mol. The van der Waals surface area contributed by atoms with E-state index in [0.717, 1.165) is 69.8 Å². The van der Waals surface area contributed by atoms with Crippen LogP contribution >= 0.6 is 0 Å². The number of carbonyl (C=O) groups is 1. The van der Waals surface area contributed by atoms with Gasteiger partial charge in [0.25, 0.3) is 0 Å². The molecule has 9 nitrogen and oxygen atoms in total. The lowest BCUT2D eigenvalue weighted by Crippen LogP contribution is -2.61. The Morgan fingerprint density at radius 3 is 2.36 bits per heavy atom. The Bertz CT molecular complexity index is 1200. The van der Waals surface area contributed by atoms with Crippen molar-refractivity contribution in [3.8, 4) is 0 Å². The summed E-state index contributed by atoms with van der Waals surface area (Å²) in [6.45, 7) is 11.8. The van der Waals surface area contributed by atoms with Gasteiger partial charge in [-0.3, -0.25) is 4.79 Å². The molecule has 0 aromatic rings. The van der Waals surface area contributed by atoms with Crippen LogP contribution in [0.25, 0.3) is 0 Å². The van der Waals surface area contributed by atoms with Crippen molar-refractivity contribution in [2.24, 2.45) is 11.8 Å². The van der Waals surface area contributed by atoms with Gasteiger partial charge in [-0.15, -0.1) is 0 Å². The fourth-order valence-corrected chi connectivity index (χ4v) is 10.2. The van der Waals surface area contributed by atoms with E-state index in [0.29, 0.717) is 31.8 Å². The van der Waals surface area contributed by atoms with E-state index in [1.54, 1.807) is 0 Å². The largest absolute Gasteiger partial charge is 0.378 e. The third-order valence-corrected chi connectivity index (χ3v) is 12.7. The molecule has 10 aliphatic rings. The van der Waals surface area contributed by atoms with E-state index < -0.39 is 5.79 Å². The first-order valence-corrected chi connectivity index (χ1v) is 17.9. The first-order valence-electron chi connectivity index (χ1n) is 17.9. The minimum absolute atomic E-state index is 0.00747. The van der Waals surface area contributed by atoms with Gasteiger partial charge in [0.1, 0.15) is 36.3 Å². The molecule has 45 heavy (non-hydrogen) atoms. The van der Waals surface area contributed by atoms with E-state index in [4.69, 9.17) is 37.9 Å². The molecular formula is C36H50O9. The molecule has 10 heterocycles. The van der Waals surface area contributed by atoms with Crippen molar-refractivity contribution in [1.82, 2.24) is 0 Å². The molecule has 0 aromatic heterocycles. The molecule has 0 saturated carbocycles. The molecule has 248 valence electrons. The Labute approximate surface area is 266 Å². The van der Waals surface area contributed by atoms with Crippen molar-refractivity contribution in [2.75, 3.05) is 6.61 Å². The molecule has 0 aliphatic carbocycles. The molecule has 9 heteroatoms. The summed E-state index contributed by atoms with van der Waals surface area (Å²) in [4.78, 5) is 13.5. The second-order valence-corrected chi connectivity index (χ2v) is 15.7. The summed E-state index contributed by atoms with van der Waals surface area (Å²) < 4.78 is 53.2. The Hall–Kier alpha value is -1.17. The predicted octanol–water partition coefficient (Wildman–Crippen LogP) is 4.73. The minimum Gasteiger partial charge on any atom is -0.378 e. The van der Waals surface area contributed by atoms with Gasteiger partial charge >= 0.3 is 0 Å². The molecule has 16 unspecified atom stereocenters. The highest BCUT2D eigenvalue weighted by atomic mass is 16.8. The van der Waals surface area contributed by atoms with Gasteiger partial charge < -0.3 is 37.9 Å². The van der Waals surface area contributed by atoms with Crippen molar-refractivity contribution < 1.29 is 42.7 Å². The summed E-state index contributed by atoms with van der Waals surface area (Å²) in [7, 11) is 0. The van der Waals surface area contributed by atoms with Crippen LogP contribution in [0.3, 0.4) is 0 Å². The Morgan fingerprint density at radius 1 is 0.667 bits per heavy atom. The molecule has 0 radical (unpaired) electrons. The second kappa shape index (κ2) is 11.5. The van der Waals surface area contributed by atoms with E-state index in [-0.39, 0.29) is 91.1 Å². The monoisotopic (exact) mass is 626 g/mol. The Kier molecular flexibility index (Phi) is 7.63. The van der Waals surface area contributed by atoms with Crippen LogP contribution in [-0.2, 0) is 42.7 Å². The Balaban J connectivity index is 0.974. The van der Waals surface area contributed by atoms with Gasteiger partial charge in [-0.1, -0.05) is 20.1 Å². The number of ketones is 1. The van der Waals surface area contributed by atoms with Gasteiger partial charge in [0.2, 0.25) is 0 Å². The van der Waals surface area contributed by atoms with Gasteiger partial charge in [-0.05, 0) is 74.3 Å². The van der Waals surface area contributed by atoms with E-state index in [2.05, 4.69) is 20.1 Å². The third-order valence-electron chi connectivity index (χ3n) is 12.7. The standard InChI is InChI=1S/C36H50O9/c1-18-12-23-4-6-26-19(2)13-25(39-26)8-10-36-17-30-32(44-36)33-34(43-30)35(45-36)31-27(42-33)7-5-24(41-31)15-22(37)14-21-9-11-38-29(21)16-28(40-23)20(18)3/h18,21,23-35H,2-17H2,1H3. The zero-order valence-electron chi connectivity index (χ0n) is 26.6. The quantitative estimate of drug-likeness (QED) is 0.354. The SMILES string of the molecule is C=C1CC2CCC34CC5OC6C(OC7CCC(CC(=O)CC8CCOC8CC8OC(CCC1O2)CC(C)C8=C)OC7C6O3)C5O4. The molecule has 12 bridgehead atoms. The van der Waals surface area contributed by atoms with Gasteiger partial charge in [0.05, 0.1) is 48.8 Å². The summed E-state index contributed by atoms with van der Waals surface area (Å²) in [6.07, 6.45) is 9.26. The average Bonchev–Trinajstić information content (AvgIpc) is 3.72. The topological polar surface area (TPSA) is 90.9 Å². The first kappa shape index (κ1) is 29.9. The van der Waals surface area contributed by atoms with Crippen LogP contribution in [0.15, 0.2) is 24.3 Å². The summed E-state index contributed by atoms with van der Waals surface area (Å²) >= 11 is 0. The van der Waals surface area contributed by atoms with Crippen molar-refractivity contribution >= 4 is 5.78 Å². The molecule has 0 aromatic carbocycles. The van der Waals surface area contributed by atoms with Crippen LogP contribution in [0.4, 0.5) is 0 Å². The number of hydrogen-bond donors (Lipinski definition) is 0. The normalized spacial score (nSPS) is 54.6. The maximum absolute atomic E-state index is 13.5. The first-order chi connectivity index (χ1) is 21.8. The highest BCUT2D eigenvalue weighted by molar-refractivity contribution is 5.79. The van der Waals surface area contributed by atoms with Crippen LogP contribution in [0.5, 0.6) is 0 Å². The summed E-state index contributed by atoms with van der Waals surface area (Å²) in [5, 5.41) is 0. The number of carbonyl (C=O) groups excluding carboxylic acids is 1. The number of hydrogen-bond acceptors (Lipinski definition) is 9. The lowest BCUT2D eigenvalue weighted by Gasteiger charge is -2.47. The molecule has 1 spiro atoms. The van der Waals surface area contributed by atoms with Crippen molar-refractivity contribution in [3.63, 3.8) is 0 Å². The van der Waals surface area contributed by atoms with Gasteiger partial charge in [-0.25, -0.2) is 0 Å². The lowest BCUT2D eigenvalue weighted by atomic mass is 9.82. The molecule has 10 saturated heterocycles. The van der Waals surface area contributed by atoms with Gasteiger partial charge in [0, 0.05) is 38.7 Å². The molecule has 10 fully saturated rings. The van der Waals surface area contributed by atoms with Crippen LogP contribution in [0, 0.1) is 11.8 Å². The highest BCUT2D eigenvalue weighted by Crippen LogP contribution is 2.54.